The zero-order valence-electron chi connectivity index (χ0n) is 7.37. The van der Waals surface area contributed by atoms with E-state index in [-0.39, 0.29) is 17.1 Å². The Labute approximate surface area is 84.5 Å². The van der Waals surface area contributed by atoms with E-state index in [0.717, 1.165) is 6.07 Å². The van der Waals surface area contributed by atoms with Crippen LogP contribution in [-0.2, 0) is 25.6 Å². The maximum atomic E-state index is 12.8. The van der Waals surface area contributed by atoms with Crippen LogP contribution >= 0.6 is 0 Å². The van der Waals surface area contributed by atoms with Crippen LogP contribution in [0.25, 0.3) is 0 Å². The average Bonchev–Trinajstić information content (AvgIpc) is 2.29. The lowest BCUT2D eigenvalue weighted by Crippen LogP contribution is -2.07. The fraction of sp³-hybridized carbons (Fsp3) is 0.250. The summed E-state index contributed by atoms with van der Waals surface area (Å²) < 4.78 is 57.5. The standard InChI is InChI=1S/C8H6F2O4S/c9-6-1-5-3-13-4-14-15(11,12)8(5)2-7(6)10/h1-2H,3-4H2. The van der Waals surface area contributed by atoms with Gasteiger partial charge in [0.2, 0.25) is 0 Å². The first kappa shape index (κ1) is 10.5. The van der Waals surface area contributed by atoms with Crippen molar-refractivity contribution in [2.24, 2.45) is 0 Å². The first-order chi connectivity index (χ1) is 7.00. The van der Waals surface area contributed by atoms with E-state index in [4.69, 9.17) is 4.74 Å². The molecule has 0 saturated carbocycles. The van der Waals surface area contributed by atoms with Gasteiger partial charge in [-0.1, -0.05) is 0 Å². The summed E-state index contributed by atoms with van der Waals surface area (Å²) in [5.74, 6) is -2.35. The van der Waals surface area contributed by atoms with Crippen LogP contribution in [0.15, 0.2) is 17.0 Å². The molecule has 0 bridgehead atoms. The molecule has 1 heterocycles. The van der Waals surface area contributed by atoms with E-state index in [0.29, 0.717) is 6.07 Å². The summed E-state index contributed by atoms with van der Waals surface area (Å²) in [6.45, 7) is -0.591. The van der Waals surface area contributed by atoms with Gasteiger partial charge in [-0.25, -0.2) is 13.0 Å². The van der Waals surface area contributed by atoms with Crippen LogP contribution in [0.4, 0.5) is 8.78 Å². The Balaban J connectivity index is 2.68. The van der Waals surface area contributed by atoms with Gasteiger partial charge in [-0.05, 0) is 12.1 Å². The van der Waals surface area contributed by atoms with Gasteiger partial charge in [-0.15, -0.1) is 0 Å². The van der Waals surface area contributed by atoms with Gasteiger partial charge < -0.3 is 4.74 Å². The van der Waals surface area contributed by atoms with Crippen molar-refractivity contribution in [1.82, 2.24) is 0 Å². The van der Waals surface area contributed by atoms with Gasteiger partial charge in [0.1, 0.15) is 4.90 Å². The molecule has 82 valence electrons. The van der Waals surface area contributed by atoms with E-state index in [1.165, 1.54) is 0 Å². The van der Waals surface area contributed by atoms with Crippen LogP contribution in [0.2, 0.25) is 0 Å². The Morgan fingerprint density at radius 1 is 1.20 bits per heavy atom. The summed E-state index contributed by atoms with van der Waals surface area (Å²) in [6, 6.07) is 1.38. The molecule has 0 fully saturated rings. The maximum Gasteiger partial charge on any atom is 0.299 e. The summed E-state index contributed by atoms with van der Waals surface area (Å²) in [5, 5.41) is 0. The van der Waals surface area contributed by atoms with Crippen LogP contribution in [0.1, 0.15) is 5.56 Å². The van der Waals surface area contributed by atoms with Crippen LogP contribution in [0, 0.1) is 11.6 Å². The number of hydrogen-bond donors (Lipinski definition) is 0. The second-order valence-electron chi connectivity index (χ2n) is 2.91. The highest BCUT2D eigenvalue weighted by Crippen LogP contribution is 2.24. The lowest BCUT2D eigenvalue weighted by atomic mass is 10.2. The number of benzene rings is 1. The molecule has 4 nitrogen and oxygen atoms in total. The molecule has 15 heavy (non-hydrogen) atoms. The quantitative estimate of drug-likeness (QED) is 0.634. The number of hydrogen-bond acceptors (Lipinski definition) is 4. The molecular weight excluding hydrogens is 230 g/mol. The monoisotopic (exact) mass is 236 g/mol. The van der Waals surface area contributed by atoms with Gasteiger partial charge in [0.05, 0.1) is 6.61 Å². The molecule has 2 rings (SSSR count). The minimum atomic E-state index is -4.05. The van der Waals surface area contributed by atoms with Crippen molar-refractivity contribution in [2.75, 3.05) is 6.79 Å². The third-order valence-corrected chi connectivity index (χ3v) is 3.24. The molecule has 0 amide bonds. The Bertz CT molecular complexity index is 498. The van der Waals surface area contributed by atoms with Crippen molar-refractivity contribution in [2.45, 2.75) is 11.5 Å². The van der Waals surface area contributed by atoms with E-state index < -0.39 is 28.5 Å². The molecule has 0 saturated heterocycles. The van der Waals surface area contributed by atoms with Gasteiger partial charge in [-0.2, -0.15) is 8.42 Å². The van der Waals surface area contributed by atoms with Crippen LogP contribution in [0.5, 0.6) is 0 Å². The topological polar surface area (TPSA) is 52.6 Å². The van der Waals surface area contributed by atoms with E-state index >= 15 is 0 Å². The van der Waals surface area contributed by atoms with Gasteiger partial charge in [0, 0.05) is 5.56 Å². The molecule has 0 spiro atoms. The van der Waals surface area contributed by atoms with Gasteiger partial charge >= 0.3 is 0 Å². The van der Waals surface area contributed by atoms with E-state index in [9.17, 15) is 17.2 Å². The average molecular weight is 236 g/mol. The van der Waals surface area contributed by atoms with Crippen molar-refractivity contribution < 1.29 is 26.1 Å². The predicted molar refractivity (Wildman–Crippen MR) is 44.3 cm³/mol. The minimum absolute atomic E-state index is 0.0476. The highest BCUT2D eigenvalue weighted by Gasteiger charge is 2.25. The molecule has 0 radical (unpaired) electrons. The molecule has 1 aromatic carbocycles. The Morgan fingerprint density at radius 3 is 2.60 bits per heavy atom. The van der Waals surface area contributed by atoms with Gasteiger partial charge in [0.25, 0.3) is 10.1 Å². The Morgan fingerprint density at radius 2 is 1.87 bits per heavy atom. The van der Waals surface area contributed by atoms with Crippen LogP contribution < -0.4 is 0 Å². The van der Waals surface area contributed by atoms with Gasteiger partial charge in [0.15, 0.2) is 18.4 Å². The zero-order chi connectivity index (χ0) is 11.1. The van der Waals surface area contributed by atoms with Crippen molar-refractivity contribution in [3.63, 3.8) is 0 Å². The molecule has 0 aliphatic carbocycles. The van der Waals surface area contributed by atoms with E-state index in [1.807, 2.05) is 0 Å². The largest absolute Gasteiger partial charge is 0.349 e. The zero-order valence-corrected chi connectivity index (χ0v) is 8.18. The fourth-order valence-corrected chi connectivity index (χ4v) is 2.24. The van der Waals surface area contributed by atoms with E-state index in [2.05, 4.69) is 4.18 Å². The summed E-state index contributed by atoms with van der Waals surface area (Å²) >= 11 is 0. The lowest BCUT2D eigenvalue weighted by Gasteiger charge is -2.04. The highest BCUT2D eigenvalue weighted by atomic mass is 32.2. The number of halogens is 2. The smallest absolute Gasteiger partial charge is 0.299 e. The highest BCUT2D eigenvalue weighted by molar-refractivity contribution is 7.86. The normalized spacial score (nSPS) is 19.3. The summed E-state index contributed by atoms with van der Waals surface area (Å²) in [7, 11) is -4.05. The van der Waals surface area contributed by atoms with Crippen molar-refractivity contribution >= 4 is 10.1 Å². The van der Waals surface area contributed by atoms with Crippen molar-refractivity contribution in [3.8, 4) is 0 Å². The Kier molecular flexibility index (Phi) is 2.45. The summed E-state index contributed by atoms with van der Waals surface area (Å²) in [5.41, 5.74) is 0.0476. The first-order valence-electron chi connectivity index (χ1n) is 3.96. The lowest BCUT2D eigenvalue weighted by molar-refractivity contribution is 0.0140. The number of fused-ring (bicyclic) bond motifs is 1. The van der Waals surface area contributed by atoms with Crippen molar-refractivity contribution in [1.29, 1.82) is 0 Å². The molecule has 1 aromatic rings. The van der Waals surface area contributed by atoms with E-state index in [1.54, 1.807) is 0 Å². The molecule has 1 aliphatic rings. The molecule has 1 aliphatic heterocycles. The molecule has 0 unspecified atom stereocenters. The third kappa shape index (κ3) is 1.85. The minimum Gasteiger partial charge on any atom is -0.349 e. The SMILES string of the molecule is O=S1(=O)OCOCc2cc(F)c(F)cc21. The molecule has 0 N–H and O–H groups in total. The second kappa shape index (κ2) is 3.51. The van der Waals surface area contributed by atoms with Crippen LogP contribution in [0.3, 0.4) is 0 Å². The molecule has 7 heteroatoms. The second-order valence-corrected chi connectivity index (χ2v) is 4.50. The summed E-state index contributed by atoms with van der Waals surface area (Å²) in [4.78, 5) is -0.390. The Hall–Kier alpha value is -1.05. The van der Waals surface area contributed by atoms with Crippen molar-refractivity contribution in [3.05, 3.63) is 29.3 Å². The predicted octanol–water partition coefficient (Wildman–Crippen LogP) is 1.16. The molecule has 0 atom stereocenters. The number of ether oxygens (including phenoxy) is 1. The molecule has 0 aromatic heterocycles. The van der Waals surface area contributed by atoms with Gasteiger partial charge in [-0.3, -0.25) is 0 Å². The third-order valence-electron chi connectivity index (χ3n) is 1.92. The summed E-state index contributed by atoms with van der Waals surface area (Å²) in [6.07, 6.45) is 0. The first-order valence-corrected chi connectivity index (χ1v) is 5.36. The van der Waals surface area contributed by atoms with Crippen LogP contribution in [-0.4, -0.2) is 15.2 Å². The molecular formula is C8H6F2O4S. The fourth-order valence-electron chi connectivity index (χ4n) is 1.23. The maximum absolute atomic E-state index is 12.8. The number of rotatable bonds is 0.